The fourth-order valence-electron chi connectivity index (χ4n) is 9.01. The second kappa shape index (κ2) is 13.6. The monoisotopic (exact) mass is 755 g/mol. The molecule has 11 rings (SSSR count). The summed E-state index contributed by atoms with van der Waals surface area (Å²) in [5.74, 6) is 0.704. The summed E-state index contributed by atoms with van der Waals surface area (Å²) in [6.07, 6.45) is 0. The van der Waals surface area contributed by atoms with Gasteiger partial charge in [-0.25, -0.2) is 9.97 Å². The van der Waals surface area contributed by atoms with E-state index in [1.165, 1.54) is 65.6 Å². The first-order chi connectivity index (χ1) is 28.9. The molecule has 2 heterocycles. The Morgan fingerprint density at radius 2 is 1.03 bits per heavy atom. The summed E-state index contributed by atoms with van der Waals surface area (Å²) < 4.78 is 2.37. The Bertz CT molecular complexity index is 3400. The van der Waals surface area contributed by atoms with Crippen LogP contribution in [-0.4, -0.2) is 14.5 Å². The van der Waals surface area contributed by atoms with Crippen molar-refractivity contribution in [2.75, 3.05) is 0 Å². The molecule has 3 heteroatoms. The zero-order valence-corrected chi connectivity index (χ0v) is 33.3. The van der Waals surface area contributed by atoms with Crippen molar-refractivity contribution in [2.24, 2.45) is 0 Å². The average Bonchev–Trinajstić information content (AvgIpc) is 3.63. The second-order valence-electron chi connectivity index (χ2n) is 16.6. The van der Waals surface area contributed by atoms with Crippen LogP contribution in [0, 0.1) is 0 Å². The minimum Gasteiger partial charge on any atom is -0.309 e. The molecular formula is C56H41N3. The predicted molar refractivity (Wildman–Crippen MR) is 249 cm³/mol. The lowest BCUT2D eigenvalue weighted by Gasteiger charge is -2.19. The predicted octanol–water partition coefficient (Wildman–Crippen LogP) is 15.0. The van der Waals surface area contributed by atoms with Gasteiger partial charge in [-0.3, -0.25) is 0 Å². The van der Waals surface area contributed by atoms with E-state index in [0.29, 0.717) is 5.82 Å². The van der Waals surface area contributed by atoms with Gasteiger partial charge in [-0.05, 0) is 103 Å². The number of aromatic nitrogens is 3. The third-order valence-electron chi connectivity index (χ3n) is 12.0. The highest BCUT2D eigenvalue weighted by Crippen LogP contribution is 2.40. The standard InChI is InChI=1S/C56H41N3/c1-56(2,3)42-30-25-37(26-31-42)44-21-11-14-38-15-12-22-46(52(38)44)40-16-10-17-41(35-40)54-47-19-6-8-23-49(47)57-55(58-54)39-27-32-43(33-28-39)59-50-24-9-7-20-48(50)53-45-18-5-4-13-36(45)29-34-51(53)59/h4-35H,1-3H3. The Balaban J connectivity index is 1.01. The van der Waals surface area contributed by atoms with Crippen LogP contribution in [-0.2, 0) is 5.41 Å². The van der Waals surface area contributed by atoms with Crippen LogP contribution in [0.4, 0.5) is 0 Å². The topological polar surface area (TPSA) is 30.7 Å². The van der Waals surface area contributed by atoms with Crippen molar-refractivity contribution in [3.05, 3.63) is 200 Å². The molecule has 0 spiro atoms. The van der Waals surface area contributed by atoms with Crippen LogP contribution in [0.5, 0.6) is 0 Å². The molecular weight excluding hydrogens is 715 g/mol. The number of nitrogens with zero attached hydrogens (tertiary/aromatic N) is 3. The third-order valence-corrected chi connectivity index (χ3v) is 12.0. The molecule has 280 valence electrons. The van der Waals surface area contributed by atoms with Gasteiger partial charge in [-0.2, -0.15) is 0 Å². The van der Waals surface area contributed by atoms with Gasteiger partial charge >= 0.3 is 0 Å². The SMILES string of the molecule is CC(C)(C)c1ccc(-c2cccc3cccc(-c4cccc(-c5nc(-c6ccc(-n7c8ccccc8c8c9ccccc9ccc87)cc6)nc6ccccc56)c4)c23)cc1. The molecule has 59 heavy (non-hydrogen) atoms. The molecule has 0 atom stereocenters. The Kier molecular flexibility index (Phi) is 8.06. The van der Waals surface area contributed by atoms with Gasteiger partial charge in [-0.15, -0.1) is 0 Å². The van der Waals surface area contributed by atoms with Gasteiger partial charge in [-0.1, -0.05) is 166 Å². The van der Waals surface area contributed by atoms with E-state index in [9.17, 15) is 0 Å². The second-order valence-corrected chi connectivity index (χ2v) is 16.6. The molecule has 2 aromatic heterocycles. The Labute approximate surface area is 343 Å². The van der Waals surface area contributed by atoms with E-state index in [4.69, 9.17) is 9.97 Å². The lowest BCUT2D eigenvalue weighted by molar-refractivity contribution is 0.590. The van der Waals surface area contributed by atoms with Crippen LogP contribution >= 0.6 is 0 Å². The maximum atomic E-state index is 5.34. The van der Waals surface area contributed by atoms with E-state index < -0.39 is 0 Å². The number of hydrogen-bond donors (Lipinski definition) is 0. The lowest BCUT2D eigenvalue weighted by atomic mass is 9.85. The Morgan fingerprint density at radius 3 is 1.81 bits per heavy atom. The maximum absolute atomic E-state index is 5.34. The van der Waals surface area contributed by atoms with E-state index in [1.807, 2.05) is 0 Å². The average molecular weight is 756 g/mol. The van der Waals surface area contributed by atoms with E-state index in [-0.39, 0.29) is 5.41 Å². The normalized spacial score (nSPS) is 12.0. The van der Waals surface area contributed by atoms with Gasteiger partial charge in [0.1, 0.15) is 0 Å². The summed E-state index contributed by atoms with van der Waals surface area (Å²) in [6, 6.07) is 70.1. The molecule has 0 unspecified atom stereocenters. The smallest absolute Gasteiger partial charge is 0.160 e. The van der Waals surface area contributed by atoms with Crippen molar-refractivity contribution < 1.29 is 0 Å². The summed E-state index contributed by atoms with van der Waals surface area (Å²) in [5.41, 5.74) is 13.6. The zero-order valence-electron chi connectivity index (χ0n) is 33.3. The van der Waals surface area contributed by atoms with Crippen LogP contribution in [0.1, 0.15) is 26.3 Å². The molecule has 0 fully saturated rings. The lowest BCUT2D eigenvalue weighted by Crippen LogP contribution is -2.10. The summed E-state index contributed by atoms with van der Waals surface area (Å²) in [4.78, 5) is 10.5. The minimum absolute atomic E-state index is 0.0981. The molecule has 0 saturated heterocycles. The maximum Gasteiger partial charge on any atom is 0.160 e. The van der Waals surface area contributed by atoms with Gasteiger partial charge in [0.05, 0.1) is 22.2 Å². The molecule has 0 aliphatic rings. The van der Waals surface area contributed by atoms with E-state index in [2.05, 4.69) is 219 Å². The molecule has 11 aromatic rings. The van der Waals surface area contributed by atoms with Crippen LogP contribution in [0.2, 0.25) is 0 Å². The van der Waals surface area contributed by atoms with E-state index >= 15 is 0 Å². The zero-order chi connectivity index (χ0) is 39.7. The Hall–Kier alpha value is -7.36. The number of rotatable bonds is 5. The molecule has 3 nitrogen and oxygen atoms in total. The van der Waals surface area contributed by atoms with Crippen molar-refractivity contribution in [3.8, 4) is 50.6 Å². The van der Waals surface area contributed by atoms with Gasteiger partial charge in [0.25, 0.3) is 0 Å². The summed E-state index contributed by atoms with van der Waals surface area (Å²) in [5, 5.41) is 8.55. The molecule has 0 aliphatic heterocycles. The Morgan fingerprint density at radius 1 is 0.407 bits per heavy atom. The van der Waals surface area contributed by atoms with Gasteiger partial charge in [0.15, 0.2) is 5.82 Å². The molecule has 0 amide bonds. The van der Waals surface area contributed by atoms with Crippen molar-refractivity contribution in [1.82, 2.24) is 14.5 Å². The molecule has 0 saturated carbocycles. The molecule has 0 aliphatic carbocycles. The van der Waals surface area contributed by atoms with Gasteiger partial charge in [0, 0.05) is 33.0 Å². The fourth-order valence-corrected chi connectivity index (χ4v) is 9.01. The van der Waals surface area contributed by atoms with Crippen molar-refractivity contribution in [1.29, 1.82) is 0 Å². The third kappa shape index (κ3) is 5.89. The number of benzene rings is 9. The number of hydrogen-bond acceptors (Lipinski definition) is 2. The van der Waals surface area contributed by atoms with E-state index in [0.717, 1.165) is 39.0 Å². The molecule has 0 bridgehead atoms. The highest BCUT2D eigenvalue weighted by Gasteiger charge is 2.18. The summed E-state index contributed by atoms with van der Waals surface area (Å²) >= 11 is 0. The highest BCUT2D eigenvalue weighted by molar-refractivity contribution is 6.21. The van der Waals surface area contributed by atoms with Crippen molar-refractivity contribution in [2.45, 2.75) is 26.2 Å². The van der Waals surface area contributed by atoms with Crippen molar-refractivity contribution >= 4 is 54.3 Å². The van der Waals surface area contributed by atoms with Gasteiger partial charge < -0.3 is 4.57 Å². The minimum atomic E-state index is 0.0981. The first kappa shape index (κ1) is 34.9. The number of para-hydroxylation sites is 2. The van der Waals surface area contributed by atoms with Crippen LogP contribution < -0.4 is 0 Å². The fraction of sp³-hybridized carbons (Fsp3) is 0.0714. The summed E-state index contributed by atoms with van der Waals surface area (Å²) in [6.45, 7) is 6.79. The van der Waals surface area contributed by atoms with Crippen LogP contribution in [0.15, 0.2) is 194 Å². The molecule has 9 aromatic carbocycles. The largest absolute Gasteiger partial charge is 0.309 e. The molecule has 0 N–H and O–H groups in total. The summed E-state index contributed by atoms with van der Waals surface area (Å²) in [7, 11) is 0. The molecule has 0 radical (unpaired) electrons. The van der Waals surface area contributed by atoms with Crippen LogP contribution in [0.3, 0.4) is 0 Å². The van der Waals surface area contributed by atoms with Crippen molar-refractivity contribution in [3.63, 3.8) is 0 Å². The quantitative estimate of drug-likeness (QED) is 0.175. The first-order valence-corrected chi connectivity index (χ1v) is 20.4. The van der Waals surface area contributed by atoms with Gasteiger partial charge in [0.2, 0.25) is 0 Å². The van der Waals surface area contributed by atoms with E-state index in [1.54, 1.807) is 0 Å². The first-order valence-electron chi connectivity index (χ1n) is 20.4. The highest BCUT2D eigenvalue weighted by atomic mass is 15.0. The van der Waals surface area contributed by atoms with Crippen LogP contribution in [0.25, 0.3) is 105 Å². The number of fused-ring (bicyclic) bond motifs is 7.